The summed E-state index contributed by atoms with van der Waals surface area (Å²) in [7, 11) is 0. The van der Waals surface area contributed by atoms with E-state index in [2.05, 4.69) is 63.0 Å². The first-order chi connectivity index (χ1) is 16.4. The van der Waals surface area contributed by atoms with Crippen LogP contribution in [0.25, 0.3) is 11.1 Å². The number of fused-ring (bicyclic) bond motifs is 4. The first kappa shape index (κ1) is 20.4. The van der Waals surface area contributed by atoms with E-state index in [1.807, 2.05) is 12.4 Å². The number of aliphatic imine (C=N–C) groups is 1. The summed E-state index contributed by atoms with van der Waals surface area (Å²) in [4.78, 5) is 16.8. The summed E-state index contributed by atoms with van der Waals surface area (Å²) < 4.78 is 0. The van der Waals surface area contributed by atoms with Gasteiger partial charge in [-0.15, -0.1) is 0 Å². The number of guanidine groups is 1. The average molecular weight is 439 g/mol. The Morgan fingerprint density at radius 3 is 2.88 bits per heavy atom. The van der Waals surface area contributed by atoms with Gasteiger partial charge in [-0.1, -0.05) is 30.3 Å². The second-order valence-electron chi connectivity index (χ2n) is 9.13. The van der Waals surface area contributed by atoms with Crippen LogP contribution in [-0.4, -0.2) is 47.0 Å². The van der Waals surface area contributed by atoms with Gasteiger partial charge in [-0.05, 0) is 59.2 Å². The van der Waals surface area contributed by atoms with E-state index < -0.39 is 0 Å². The van der Waals surface area contributed by atoms with E-state index in [9.17, 15) is 0 Å². The Balaban J connectivity index is 1.29. The molecule has 2 aliphatic carbocycles. The number of pyridine rings is 2. The van der Waals surface area contributed by atoms with Crippen molar-refractivity contribution in [3.63, 3.8) is 0 Å². The highest BCUT2D eigenvalue weighted by Crippen LogP contribution is 2.39. The molecule has 0 spiro atoms. The maximum Gasteiger partial charge on any atom is 0.191 e. The Labute approximate surface area is 195 Å². The number of hydrogen-bond acceptors (Lipinski definition) is 6. The molecule has 1 unspecified atom stereocenters. The van der Waals surface area contributed by atoms with Crippen LogP contribution < -0.4 is 10.6 Å². The fourth-order valence-corrected chi connectivity index (χ4v) is 5.56. The smallest absolute Gasteiger partial charge is 0.191 e. The fourth-order valence-electron chi connectivity index (χ4n) is 5.56. The van der Waals surface area contributed by atoms with Gasteiger partial charge in [-0.3, -0.25) is 19.9 Å². The van der Waals surface area contributed by atoms with E-state index in [4.69, 9.17) is 9.97 Å². The van der Waals surface area contributed by atoms with Crippen LogP contribution in [0.2, 0.25) is 0 Å². The minimum atomic E-state index is 0.316. The number of nitrogens with one attached hydrogen (secondary N) is 2. The molecule has 1 aromatic carbocycles. The largest absolute Gasteiger partial charge is 0.355 e. The Bertz CT molecular complexity index is 1190. The summed E-state index contributed by atoms with van der Waals surface area (Å²) >= 11 is 0. The zero-order valence-electron chi connectivity index (χ0n) is 18.9. The maximum atomic E-state index is 4.89. The van der Waals surface area contributed by atoms with Crippen molar-refractivity contribution in [3.8, 4) is 11.1 Å². The van der Waals surface area contributed by atoms with Gasteiger partial charge >= 0.3 is 0 Å². The van der Waals surface area contributed by atoms with Gasteiger partial charge in [0.1, 0.15) is 0 Å². The maximum absolute atomic E-state index is 4.89. The summed E-state index contributed by atoms with van der Waals surface area (Å²) in [5.41, 5.74) is 9.34. The zero-order chi connectivity index (χ0) is 22.0. The van der Waals surface area contributed by atoms with E-state index in [0.29, 0.717) is 6.04 Å². The standard InChI is InChI=1S/C27H30N6/c1-2-8-21-20(5-1)17-23-22(21)10-12-28-24(23)18-33(16-15-32-27-30-13-14-31-27)25-9-3-6-19-7-4-11-29-26(19)25/h1-2,4-5,7-8,10-12,25H,3,6,9,13-18H2,(H2,30,31,32). The summed E-state index contributed by atoms with van der Waals surface area (Å²) in [5.74, 6) is 0.922. The highest BCUT2D eigenvalue weighted by molar-refractivity contribution is 5.81. The number of benzene rings is 1. The number of nitrogens with zero attached hydrogens (tertiary/aromatic N) is 4. The first-order valence-corrected chi connectivity index (χ1v) is 12.1. The van der Waals surface area contributed by atoms with Gasteiger partial charge in [0.2, 0.25) is 0 Å². The molecule has 6 rings (SSSR count). The molecule has 2 aromatic heterocycles. The molecule has 0 bridgehead atoms. The molecule has 3 aromatic rings. The second-order valence-corrected chi connectivity index (χ2v) is 9.13. The molecule has 6 nitrogen and oxygen atoms in total. The van der Waals surface area contributed by atoms with Crippen LogP contribution >= 0.6 is 0 Å². The van der Waals surface area contributed by atoms with Crippen molar-refractivity contribution >= 4 is 5.96 Å². The summed E-state index contributed by atoms with van der Waals surface area (Å²) in [5, 5.41) is 6.80. The highest BCUT2D eigenvalue weighted by atomic mass is 15.2. The molecule has 1 atom stereocenters. The van der Waals surface area contributed by atoms with Crippen molar-refractivity contribution in [2.24, 2.45) is 4.99 Å². The molecule has 2 N–H and O–H groups in total. The third-order valence-electron chi connectivity index (χ3n) is 7.14. The van der Waals surface area contributed by atoms with Gasteiger partial charge in [-0.25, -0.2) is 0 Å². The minimum Gasteiger partial charge on any atom is -0.355 e. The predicted octanol–water partition coefficient (Wildman–Crippen LogP) is 3.48. The van der Waals surface area contributed by atoms with Gasteiger partial charge in [-0.2, -0.15) is 0 Å². The van der Waals surface area contributed by atoms with E-state index in [1.165, 1.54) is 45.6 Å². The van der Waals surface area contributed by atoms with E-state index in [0.717, 1.165) is 57.9 Å². The van der Waals surface area contributed by atoms with Crippen molar-refractivity contribution in [1.29, 1.82) is 0 Å². The third kappa shape index (κ3) is 4.00. The van der Waals surface area contributed by atoms with Gasteiger partial charge in [0.25, 0.3) is 0 Å². The minimum absolute atomic E-state index is 0.316. The first-order valence-electron chi connectivity index (χ1n) is 12.1. The van der Waals surface area contributed by atoms with Gasteiger partial charge < -0.3 is 10.6 Å². The average Bonchev–Trinajstić information content (AvgIpc) is 3.51. The van der Waals surface area contributed by atoms with E-state index in [-0.39, 0.29) is 0 Å². The van der Waals surface area contributed by atoms with Crippen LogP contribution in [0.4, 0.5) is 0 Å². The zero-order valence-corrected chi connectivity index (χ0v) is 18.9. The number of hydrogen-bond donors (Lipinski definition) is 2. The quantitative estimate of drug-likeness (QED) is 0.483. The highest BCUT2D eigenvalue weighted by Gasteiger charge is 2.29. The molecule has 3 heterocycles. The van der Waals surface area contributed by atoms with E-state index >= 15 is 0 Å². The Kier molecular flexibility index (Phi) is 5.52. The number of aromatic nitrogens is 2. The van der Waals surface area contributed by atoms with Crippen molar-refractivity contribution in [3.05, 3.63) is 82.9 Å². The molecular weight excluding hydrogens is 408 g/mol. The summed E-state index contributed by atoms with van der Waals surface area (Å²) in [6.45, 7) is 4.37. The van der Waals surface area contributed by atoms with Gasteiger partial charge in [0.15, 0.2) is 5.96 Å². The molecule has 1 aliphatic heterocycles. The van der Waals surface area contributed by atoms with Gasteiger partial charge in [0, 0.05) is 45.0 Å². The van der Waals surface area contributed by atoms with Crippen molar-refractivity contribution in [1.82, 2.24) is 25.5 Å². The molecule has 0 radical (unpaired) electrons. The molecule has 168 valence electrons. The van der Waals surface area contributed by atoms with Gasteiger partial charge in [0.05, 0.1) is 24.0 Å². The molecule has 0 fully saturated rings. The SMILES string of the molecule is c1ccc2c(c1)Cc1c-2ccnc1CN(CCNC1=NCCN1)C1CCCc2cccnc21. The molecular formula is C27H30N6. The van der Waals surface area contributed by atoms with Crippen LogP contribution in [0.1, 0.15) is 47.0 Å². The lowest BCUT2D eigenvalue weighted by Crippen LogP contribution is -2.41. The lowest BCUT2D eigenvalue weighted by atomic mass is 9.90. The summed E-state index contributed by atoms with van der Waals surface area (Å²) in [6, 6.07) is 15.6. The van der Waals surface area contributed by atoms with Crippen molar-refractivity contribution < 1.29 is 0 Å². The number of aryl methyl sites for hydroxylation is 1. The summed E-state index contributed by atoms with van der Waals surface area (Å²) in [6.07, 6.45) is 8.37. The molecule has 0 saturated heterocycles. The van der Waals surface area contributed by atoms with Crippen molar-refractivity contribution in [2.75, 3.05) is 26.2 Å². The monoisotopic (exact) mass is 438 g/mol. The third-order valence-corrected chi connectivity index (χ3v) is 7.14. The molecule has 0 amide bonds. The molecule has 0 saturated carbocycles. The number of rotatable bonds is 6. The van der Waals surface area contributed by atoms with Crippen LogP contribution in [0.5, 0.6) is 0 Å². The predicted molar refractivity (Wildman–Crippen MR) is 131 cm³/mol. The van der Waals surface area contributed by atoms with Crippen LogP contribution in [-0.2, 0) is 19.4 Å². The van der Waals surface area contributed by atoms with Crippen LogP contribution in [0.15, 0.2) is 59.9 Å². The second kappa shape index (κ2) is 8.94. The van der Waals surface area contributed by atoms with Crippen LogP contribution in [0.3, 0.4) is 0 Å². The Morgan fingerprint density at radius 1 is 1.00 bits per heavy atom. The lowest BCUT2D eigenvalue weighted by Gasteiger charge is -2.35. The molecule has 3 aliphatic rings. The fraction of sp³-hybridized carbons (Fsp3) is 0.370. The Morgan fingerprint density at radius 2 is 1.94 bits per heavy atom. The van der Waals surface area contributed by atoms with Crippen LogP contribution in [0, 0.1) is 0 Å². The Hall–Kier alpha value is -3.25. The lowest BCUT2D eigenvalue weighted by molar-refractivity contribution is 0.166. The molecule has 33 heavy (non-hydrogen) atoms. The topological polar surface area (TPSA) is 65.4 Å². The van der Waals surface area contributed by atoms with Crippen molar-refractivity contribution in [2.45, 2.75) is 38.3 Å². The normalized spacial score (nSPS) is 18.3. The van der Waals surface area contributed by atoms with E-state index in [1.54, 1.807) is 0 Å². The molecule has 6 heteroatoms.